The van der Waals surface area contributed by atoms with Crippen molar-refractivity contribution in [2.24, 2.45) is 0 Å². The fourth-order valence-electron chi connectivity index (χ4n) is 1.66. The Labute approximate surface area is 114 Å². The zero-order valence-electron chi connectivity index (χ0n) is 10.6. The number of carbonyl (C=O) groups is 2. The molecule has 0 amide bonds. The lowest BCUT2D eigenvalue weighted by atomic mass is 10.2. The van der Waals surface area contributed by atoms with Crippen molar-refractivity contribution in [2.75, 3.05) is 7.11 Å². The van der Waals surface area contributed by atoms with E-state index >= 15 is 0 Å². The number of benzene rings is 1. The standard InChI is InChI=1S/C13H12N2O5/c1-20-12(17)7-9-6-11(16)15(14-9)10-4-2-8(3-5-10)13(18)19/h2-6,16H,7H2,1H3,(H,18,19). The highest BCUT2D eigenvalue weighted by atomic mass is 16.5. The number of rotatable bonds is 4. The van der Waals surface area contributed by atoms with Gasteiger partial charge in [-0.2, -0.15) is 5.10 Å². The van der Waals surface area contributed by atoms with E-state index in [2.05, 4.69) is 9.84 Å². The fourth-order valence-corrected chi connectivity index (χ4v) is 1.66. The second-order valence-electron chi connectivity index (χ2n) is 4.01. The number of hydrogen-bond donors (Lipinski definition) is 2. The Bertz CT molecular complexity index is 645. The second-order valence-corrected chi connectivity index (χ2v) is 4.01. The molecule has 2 rings (SSSR count). The van der Waals surface area contributed by atoms with Crippen molar-refractivity contribution < 1.29 is 24.5 Å². The molecule has 0 aliphatic carbocycles. The van der Waals surface area contributed by atoms with E-state index in [9.17, 15) is 14.7 Å². The Morgan fingerprint density at radius 2 is 1.95 bits per heavy atom. The molecule has 0 saturated carbocycles. The van der Waals surface area contributed by atoms with Gasteiger partial charge in [0.1, 0.15) is 0 Å². The van der Waals surface area contributed by atoms with E-state index in [0.717, 1.165) is 0 Å². The van der Waals surface area contributed by atoms with E-state index in [1.165, 1.54) is 42.1 Å². The normalized spacial score (nSPS) is 10.2. The van der Waals surface area contributed by atoms with Crippen LogP contribution in [0.1, 0.15) is 16.1 Å². The summed E-state index contributed by atoms with van der Waals surface area (Å²) in [7, 11) is 1.27. The molecule has 0 saturated heterocycles. The van der Waals surface area contributed by atoms with Crippen LogP contribution in [0.25, 0.3) is 5.69 Å². The average Bonchev–Trinajstić information content (AvgIpc) is 2.79. The van der Waals surface area contributed by atoms with Crippen LogP contribution in [0.15, 0.2) is 30.3 Å². The number of carbonyl (C=O) groups excluding carboxylic acids is 1. The molecule has 0 aliphatic heterocycles. The lowest BCUT2D eigenvalue weighted by Gasteiger charge is -2.03. The van der Waals surface area contributed by atoms with Gasteiger partial charge in [-0.05, 0) is 24.3 Å². The minimum atomic E-state index is -1.03. The van der Waals surface area contributed by atoms with Crippen molar-refractivity contribution in [3.05, 3.63) is 41.6 Å². The molecule has 0 bridgehead atoms. The van der Waals surface area contributed by atoms with Crippen molar-refractivity contribution in [2.45, 2.75) is 6.42 Å². The number of methoxy groups -OCH3 is 1. The summed E-state index contributed by atoms with van der Waals surface area (Å²) in [5.41, 5.74) is 0.982. The first kappa shape index (κ1) is 13.6. The smallest absolute Gasteiger partial charge is 0.335 e. The molecule has 0 aliphatic rings. The van der Waals surface area contributed by atoms with Crippen molar-refractivity contribution >= 4 is 11.9 Å². The van der Waals surface area contributed by atoms with Gasteiger partial charge >= 0.3 is 11.9 Å². The Kier molecular flexibility index (Phi) is 3.69. The summed E-state index contributed by atoms with van der Waals surface area (Å²) in [6.07, 6.45) is -0.0513. The number of esters is 1. The van der Waals surface area contributed by atoms with E-state index in [0.29, 0.717) is 11.4 Å². The van der Waals surface area contributed by atoms with Gasteiger partial charge in [-0.3, -0.25) is 4.79 Å². The highest BCUT2D eigenvalue weighted by Gasteiger charge is 2.12. The van der Waals surface area contributed by atoms with Crippen LogP contribution in [0.3, 0.4) is 0 Å². The molecule has 104 valence electrons. The minimum Gasteiger partial charge on any atom is -0.493 e. The first-order valence-electron chi connectivity index (χ1n) is 5.69. The van der Waals surface area contributed by atoms with E-state index in [1.54, 1.807) is 0 Å². The molecule has 1 aromatic carbocycles. The first-order chi connectivity index (χ1) is 9.51. The van der Waals surface area contributed by atoms with Crippen LogP contribution < -0.4 is 0 Å². The Balaban J connectivity index is 2.28. The van der Waals surface area contributed by atoms with E-state index in [1.807, 2.05) is 0 Å². The largest absolute Gasteiger partial charge is 0.493 e. The molecule has 0 atom stereocenters. The van der Waals surface area contributed by atoms with Gasteiger partial charge in [0.2, 0.25) is 5.88 Å². The number of aromatic carboxylic acids is 1. The summed E-state index contributed by atoms with van der Waals surface area (Å²) >= 11 is 0. The van der Waals surface area contributed by atoms with Crippen LogP contribution >= 0.6 is 0 Å². The van der Waals surface area contributed by atoms with Gasteiger partial charge in [-0.25, -0.2) is 9.48 Å². The molecule has 20 heavy (non-hydrogen) atoms. The van der Waals surface area contributed by atoms with Crippen LogP contribution in [0, 0.1) is 0 Å². The maximum atomic E-state index is 11.1. The number of nitrogens with zero attached hydrogens (tertiary/aromatic N) is 2. The molecule has 7 heteroatoms. The Hall–Kier alpha value is -2.83. The van der Waals surface area contributed by atoms with Crippen LogP contribution in [0.2, 0.25) is 0 Å². The number of ether oxygens (including phenoxy) is 1. The number of carboxylic acids is 1. The van der Waals surface area contributed by atoms with Crippen LogP contribution in [0.4, 0.5) is 0 Å². The summed E-state index contributed by atoms with van der Waals surface area (Å²) in [5.74, 6) is -1.64. The van der Waals surface area contributed by atoms with Gasteiger partial charge in [0.15, 0.2) is 0 Å². The van der Waals surface area contributed by atoms with Crippen molar-refractivity contribution in [3.8, 4) is 11.6 Å². The second kappa shape index (κ2) is 5.43. The number of hydrogen-bond acceptors (Lipinski definition) is 5. The van der Waals surface area contributed by atoms with Gasteiger partial charge in [0.25, 0.3) is 0 Å². The summed E-state index contributed by atoms with van der Waals surface area (Å²) in [4.78, 5) is 21.9. The lowest BCUT2D eigenvalue weighted by molar-refractivity contribution is -0.139. The third-order valence-electron chi connectivity index (χ3n) is 2.65. The molecular weight excluding hydrogens is 264 g/mol. The molecule has 2 N–H and O–H groups in total. The van der Waals surface area contributed by atoms with Crippen molar-refractivity contribution in [1.29, 1.82) is 0 Å². The third kappa shape index (κ3) is 2.77. The zero-order valence-corrected chi connectivity index (χ0v) is 10.6. The SMILES string of the molecule is COC(=O)Cc1cc(O)n(-c2ccc(C(=O)O)cc2)n1. The zero-order chi connectivity index (χ0) is 14.7. The summed E-state index contributed by atoms with van der Waals surface area (Å²) in [6, 6.07) is 7.18. The summed E-state index contributed by atoms with van der Waals surface area (Å²) in [5, 5.41) is 22.6. The van der Waals surface area contributed by atoms with Gasteiger partial charge in [-0.1, -0.05) is 0 Å². The Morgan fingerprint density at radius 3 is 2.50 bits per heavy atom. The average molecular weight is 276 g/mol. The maximum Gasteiger partial charge on any atom is 0.335 e. The molecule has 0 unspecified atom stereocenters. The fraction of sp³-hybridized carbons (Fsp3) is 0.154. The van der Waals surface area contributed by atoms with Gasteiger partial charge in [0, 0.05) is 6.07 Å². The van der Waals surface area contributed by atoms with Crippen LogP contribution in [0.5, 0.6) is 5.88 Å². The molecule has 0 fully saturated rings. The number of carboxylic acid groups (broad SMARTS) is 1. The maximum absolute atomic E-state index is 11.1. The van der Waals surface area contributed by atoms with Crippen molar-refractivity contribution in [3.63, 3.8) is 0 Å². The van der Waals surface area contributed by atoms with E-state index < -0.39 is 11.9 Å². The van der Waals surface area contributed by atoms with Crippen LogP contribution in [-0.2, 0) is 16.0 Å². The van der Waals surface area contributed by atoms with Gasteiger partial charge < -0.3 is 14.9 Å². The summed E-state index contributed by atoms with van der Waals surface area (Å²) < 4.78 is 5.73. The van der Waals surface area contributed by atoms with Gasteiger partial charge in [0.05, 0.1) is 30.5 Å². The minimum absolute atomic E-state index is 0.0513. The predicted molar refractivity (Wildman–Crippen MR) is 67.9 cm³/mol. The number of aromatic hydroxyl groups is 1. The highest BCUT2D eigenvalue weighted by molar-refractivity contribution is 5.87. The third-order valence-corrected chi connectivity index (χ3v) is 2.65. The molecule has 0 spiro atoms. The lowest BCUT2D eigenvalue weighted by Crippen LogP contribution is -2.06. The van der Waals surface area contributed by atoms with Gasteiger partial charge in [-0.15, -0.1) is 0 Å². The molecule has 1 aromatic heterocycles. The quantitative estimate of drug-likeness (QED) is 0.807. The first-order valence-corrected chi connectivity index (χ1v) is 5.69. The Morgan fingerprint density at radius 1 is 1.30 bits per heavy atom. The van der Waals surface area contributed by atoms with E-state index in [4.69, 9.17) is 5.11 Å². The van der Waals surface area contributed by atoms with Crippen molar-refractivity contribution in [1.82, 2.24) is 9.78 Å². The summed E-state index contributed by atoms with van der Waals surface area (Å²) in [6.45, 7) is 0. The van der Waals surface area contributed by atoms with Crippen LogP contribution in [-0.4, -0.2) is 39.0 Å². The molecular formula is C13H12N2O5. The van der Waals surface area contributed by atoms with E-state index in [-0.39, 0.29) is 17.9 Å². The molecule has 2 aromatic rings. The molecule has 7 nitrogen and oxygen atoms in total. The molecule has 1 heterocycles. The number of aromatic nitrogens is 2. The molecule has 0 radical (unpaired) electrons. The predicted octanol–water partition coefficient (Wildman–Crippen LogP) is 0.992. The monoisotopic (exact) mass is 276 g/mol. The topological polar surface area (TPSA) is 102 Å². The highest BCUT2D eigenvalue weighted by Crippen LogP contribution is 2.19.